The summed E-state index contributed by atoms with van der Waals surface area (Å²) in [5.74, 6) is 0. The van der Waals surface area contributed by atoms with Crippen molar-refractivity contribution in [3.05, 3.63) is 0 Å². The van der Waals surface area contributed by atoms with Crippen LogP contribution in [0.5, 0.6) is 0 Å². The topological polar surface area (TPSA) is 24.5 Å². The molecule has 3 unspecified atom stereocenters. The molecule has 0 aromatic heterocycles. The first-order valence-electron chi connectivity index (χ1n) is 8.85. The number of piperidine rings is 1. The summed E-state index contributed by atoms with van der Waals surface area (Å²) in [5.41, 5.74) is 0. The Bertz CT molecular complexity index is 233. The highest BCUT2D eigenvalue weighted by atomic mass is 16.5. The van der Waals surface area contributed by atoms with Crippen LogP contribution in [0.4, 0.5) is 0 Å². The average molecular weight is 284 g/mol. The molecule has 0 aliphatic carbocycles. The second-order valence-corrected chi connectivity index (χ2v) is 6.04. The van der Waals surface area contributed by atoms with Crippen molar-refractivity contribution in [1.82, 2.24) is 10.2 Å². The maximum atomic E-state index is 5.87. The number of ether oxygens (including phenoxy) is 1. The molecule has 3 nitrogen and oxygen atoms in total. The van der Waals surface area contributed by atoms with Gasteiger partial charge in [0.25, 0.3) is 0 Å². The highest BCUT2D eigenvalue weighted by Crippen LogP contribution is 2.21. The van der Waals surface area contributed by atoms with Crippen LogP contribution in [-0.4, -0.2) is 49.3 Å². The van der Waals surface area contributed by atoms with Crippen LogP contribution in [0.2, 0.25) is 0 Å². The van der Waals surface area contributed by atoms with E-state index in [0.717, 1.165) is 19.7 Å². The van der Waals surface area contributed by atoms with Gasteiger partial charge in [0.05, 0.1) is 6.10 Å². The maximum Gasteiger partial charge on any atom is 0.0702 e. The largest absolute Gasteiger partial charge is 0.377 e. The van der Waals surface area contributed by atoms with Gasteiger partial charge < -0.3 is 10.1 Å². The zero-order chi connectivity index (χ0) is 14.8. The lowest BCUT2D eigenvalue weighted by Crippen LogP contribution is -2.54. The molecule has 0 saturated carbocycles. The van der Waals surface area contributed by atoms with Gasteiger partial charge in [0.2, 0.25) is 0 Å². The number of likely N-dealkylation sites (tertiary alicyclic amines) is 1. The second kappa shape index (κ2) is 10.6. The molecule has 0 radical (unpaired) electrons. The fourth-order valence-corrected chi connectivity index (χ4v) is 3.51. The molecule has 120 valence electrons. The molecule has 3 heteroatoms. The zero-order valence-electron chi connectivity index (χ0n) is 14.2. The summed E-state index contributed by atoms with van der Waals surface area (Å²) in [6.07, 6.45) is 7.99. The van der Waals surface area contributed by atoms with Crippen LogP contribution in [0, 0.1) is 0 Å². The van der Waals surface area contributed by atoms with E-state index in [2.05, 4.69) is 37.9 Å². The number of hydrogen-bond acceptors (Lipinski definition) is 3. The van der Waals surface area contributed by atoms with E-state index >= 15 is 0 Å². The van der Waals surface area contributed by atoms with Crippen LogP contribution < -0.4 is 5.32 Å². The SMILES string of the molecule is CCCNC(CCC)C(CC)N1CCCC(OCC)C1. The molecular weight excluding hydrogens is 248 g/mol. The smallest absolute Gasteiger partial charge is 0.0702 e. The van der Waals surface area contributed by atoms with E-state index in [0.29, 0.717) is 18.2 Å². The summed E-state index contributed by atoms with van der Waals surface area (Å²) in [6.45, 7) is 13.4. The molecule has 1 aliphatic rings. The van der Waals surface area contributed by atoms with Crippen LogP contribution in [0.15, 0.2) is 0 Å². The van der Waals surface area contributed by atoms with Crippen molar-refractivity contribution in [2.45, 2.75) is 84.4 Å². The first kappa shape index (κ1) is 17.9. The Morgan fingerprint density at radius 1 is 1.20 bits per heavy atom. The molecular formula is C17H36N2O. The van der Waals surface area contributed by atoms with Gasteiger partial charge in [-0.15, -0.1) is 0 Å². The number of nitrogens with one attached hydrogen (secondary N) is 1. The van der Waals surface area contributed by atoms with Crippen molar-refractivity contribution in [3.8, 4) is 0 Å². The second-order valence-electron chi connectivity index (χ2n) is 6.04. The Labute approximate surface area is 126 Å². The molecule has 0 amide bonds. The standard InChI is InChI=1S/C17H36N2O/c1-5-10-16(18-12-6-2)17(7-3)19-13-9-11-15(14-19)20-8-4/h15-18H,5-14H2,1-4H3. The third-order valence-corrected chi connectivity index (χ3v) is 4.42. The van der Waals surface area contributed by atoms with E-state index in [9.17, 15) is 0 Å². The van der Waals surface area contributed by atoms with Gasteiger partial charge >= 0.3 is 0 Å². The Morgan fingerprint density at radius 2 is 2.00 bits per heavy atom. The van der Waals surface area contributed by atoms with Crippen LogP contribution in [0.3, 0.4) is 0 Å². The molecule has 1 saturated heterocycles. The molecule has 0 bridgehead atoms. The lowest BCUT2D eigenvalue weighted by Gasteiger charge is -2.41. The maximum absolute atomic E-state index is 5.87. The third kappa shape index (κ3) is 5.71. The van der Waals surface area contributed by atoms with Crippen LogP contribution in [-0.2, 0) is 4.74 Å². The minimum absolute atomic E-state index is 0.455. The molecule has 1 fully saturated rings. The summed E-state index contributed by atoms with van der Waals surface area (Å²) in [5, 5.41) is 3.78. The van der Waals surface area contributed by atoms with E-state index < -0.39 is 0 Å². The fourth-order valence-electron chi connectivity index (χ4n) is 3.51. The van der Waals surface area contributed by atoms with E-state index in [1.807, 2.05) is 0 Å². The molecule has 1 aliphatic heterocycles. The Hall–Kier alpha value is -0.120. The summed E-state index contributed by atoms with van der Waals surface area (Å²) in [7, 11) is 0. The van der Waals surface area contributed by atoms with Crippen molar-refractivity contribution in [2.75, 3.05) is 26.2 Å². The van der Waals surface area contributed by atoms with Gasteiger partial charge in [-0.25, -0.2) is 0 Å². The van der Waals surface area contributed by atoms with Crippen LogP contribution >= 0.6 is 0 Å². The Morgan fingerprint density at radius 3 is 2.60 bits per heavy atom. The molecule has 1 rings (SSSR count). The minimum Gasteiger partial charge on any atom is -0.377 e. The van der Waals surface area contributed by atoms with E-state index in [1.165, 1.54) is 45.1 Å². The van der Waals surface area contributed by atoms with Crippen molar-refractivity contribution in [1.29, 1.82) is 0 Å². The van der Waals surface area contributed by atoms with Gasteiger partial charge in [-0.05, 0) is 52.1 Å². The quantitative estimate of drug-likeness (QED) is 0.665. The lowest BCUT2D eigenvalue weighted by atomic mass is 9.96. The molecule has 3 atom stereocenters. The predicted molar refractivity (Wildman–Crippen MR) is 87.3 cm³/mol. The average Bonchev–Trinajstić information content (AvgIpc) is 2.46. The predicted octanol–water partition coefficient (Wildman–Crippen LogP) is 3.43. The van der Waals surface area contributed by atoms with Crippen molar-refractivity contribution >= 4 is 0 Å². The van der Waals surface area contributed by atoms with Gasteiger partial charge in [0.15, 0.2) is 0 Å². The van der Waals surface area contributed by atoms with Gasteiger partial charge in [-0.1, -0.05) is 27.2 Å². The first-order valence-corrected chi connectivity index (χ1v) is 8.85. The van der Waals surface area contributed by atoms with Crippen LogP contribution in [0.1, 0.15) is 66.2 Å². The third-order valence-electron chi connectivity index (χ3n) is 4.42. The first-order chi connectivity index (χ1) is 9.76. The van der Waals surface area contributed by atoms with Gasteiger partial charge in [0.1, 0.15) is 0 Å². The fraction of sp³-hybridized carbons (Fsp3) is 1.00. The number of hydrogen-bond donors (Lipinski definition) is 1. The molecule has 1 N–H and O–H groups in total. The van der Waals surface area contributed by atoms with Gasteiger partial charge in [0, 0.05) is 25.2 Å². The van der Waals surface area contributed by atoms with Gasteiger partial charge in [-0.2, -0.15) is 0 Å². The highest BCUT2D eigenvalue weighted by Gasteiger charge is 2.29. The van der Waals surface area contributed by atoms with Crippen molar-refractivity contribution in [3.63, 3.8) is 0 Å². The summed E-state index contributed by atoms with van der Waals surface area (Å²) >= 11 is 0. The highest BCUT2D eigenvalue weighted by molar-refractivity contribution is 4.87. The summed E-state index contributed by atoms with van der Waals surface area (Å²) < 4.78 is 5.87. The molecule has 0 aromatic rings. The molecule has 0 spiro atoms. The van der Waals surface area contributed by atoms with Crippen LogP contribution in [0.25, 0.3) is 0 Å². The summed E-state index contributed by atoms with van der Waals surface area (Å²) in [4.78, 5) is 2.69. The monoisotopic (exact) mass is 284 g/mol. The Kier molecular flexibility index (Phi) is 9.49. The minimum atomic E-state index is 0.455. The lowest BCUT2D eigenvalue weighted by molar-refractivity contribution is -0.0139. The van der Waals surface area contributed by atoms with E-state index in [4.69, 9.17) is 4.74 Å². The Balaban J connectivity index is 2.60. The van der Waals surface area contributed by atoms with E-state index in [1.54, 1.807) is 0 Å². The van der Waals surface area contributed by atoms with Crippen molar-refractivity contribution < 1.29 is 4.74 Å². The van der Waals surface area contributed by atoms with Crippen molar-refractivity contribution in [2.24, 2.45) is 0 Å². The zero-order valence-corrected chi connectivity index (χ0v) is 14.2. The number of nitrogens with zero attached hydrogens (tertiary/aromatic N) is 1. The normalized spacial score (nSPS) is 23.7. The molecule has 0 aromatic carbocycles. The molecule has 20 heavy (non-hydrogen) atoms. The summed E-state index contributed by atoms with van der Waals surface area (Å²) in [6, 6.07) is 1.31. The van der Waals surface area contributed by atoms with E-state index in [-0.39, 0.29) is 0 Å². The molecule has 1 heterocycles. The van der Waals surface area contributed by atoms with Gasteiger partial charge in [-0.3, -0.25) is 4.90 Å². The number of rotatable bonds is 10.